The summed E-state index contributed by atoms with van der Waals surface area (Å²) in [6, 6.07) is 2.49. The lowest BCUT2D eigenvalue weighted by atomic mass is 10.2. The molecule has 5 heteroatoms. The highest BCUT2D eigenvalue weighted by Crippen LogP contribution is 2.13. The summed E-state index contributed by atoms with van der Waals surface area (Å²) in [6.45, 7) is 8.01. The number of hydrogen-bond donors (Lipinski definition) is 1. The Labute approximate surface area is 114 Å². The van der Waals surface area contributed by atoms with Crippen LogP contribution < -0.4 is 5.32 Å². The van der Waals surface area contributed by atoms with Crippen LogP contribution in [-0.2, 0) is 13.0 Å². The molecule has 0 aromatic carbocycles. The van der Waals surface area contributed by atoms with Gasteiger partial charge in [-0.05, 0) is 31.5 Å². The highest BCUT2D eigenvalue weighted by Gasteiger charge is 2.08. The third-order valence-electron chi connectivity index (χ3n) is 3.08. The standard InChI is InChI=1S/C14H22N4O/c1-4-6-14-16-13(17-19-14)10-18-8-7-12(9-18)11(3)15-5-2/h7-9,11,15H,4-6,10H2,1-3H3. The molecule has 104 valence electrons. The van der Waals surface area contributed by atoms with E-state index in [1.807, 2.05) is 0 Å². The molecule has 0 amide bonds. The molecule has 0 saturated heterocycles. The van der Waals surface area contributed by atoms with Crippen molar-refractivity contribution in [1.29, 1.82) is 0 Å². The van der Waals surface area contributed by atoms with E-state index in [1.54, 1.807) is 0 Å². The van der Waals surface area contributed by atoms with E-state index in [9.17, 15) is 0 Å². The molecule has 0 saturated carbocycles. The van der Waals surface area contributed by atoms with Crippen molar-refractivity contribution in [2.24, 2.45) is 0 Å². The van der Waals surface area contributed by atoms with Gasteiger partial charge in [-0.3, -0.25) is 0 Å². The molecule has 2 aromatic rings. The summed E-state index contributed by atoms with van der Waals surface area (Å²) in [5, 5.41) is 7.39. The van der Waals surface area contributed by atoms with Gasteiger partial charge in [-0.1, -0.05) is 19.0 Å². The Morgan fingerprint density at radius 3 is 3.00 bits per heavy atom. The van der Waals surface area contributed by atoms with Crippen LogP contribution in [0.5, 0.6) is 0 Å². The van der Waals surface area contributed by atoms with Crippen molar-refractivity contribution in [3.63, 3.8) is 0 Å². The summed E-state index contributed by atoms with van der Waals surface area (Å²) < 4.78 is 7.27. The minimum atomic E-state index is 0.368. The topological polar surface area (TPSA) is 55.9 Å². The van der Waals surface area contributed by atoms with Gasteiger partial charge in [0.15, 0.2) is 5.82 Å². The van der Waals surface area contributed by atoms with E-state index < -0.39 is 0 Å². The molecule has 2 rings (SSSR count). The van der Waals surface area contributed by atoms with Crippen molar-refractivity contribution >= 4 is 0 Å². The largest absolute Gasteiger partial charge is 0.346 e. The first-order chi connectivity index (χ1) is 9.22. The van der Waals surface area contributed by atoms with Crippen molar-refractivity contribution in [2.75, 3.05) is 6.54 Å². The maximum atomic E-state index is 5.18. The van der Waals surface area contributed by atoms with Crippen LogP contribution in [0.25, 0.3) is 0 Å². The molecule has 2 heterocycles. The van der Waals surface area contributed by atoms with Gasteiger partial charge in [0.25, 0.3) is 0 Å². The van der Waals surface area contributed by atoms with E-state index in [1.165, 1.54) is 5.56 Å². The molecule has 0 aliphatic heterocycles. The Balaban J connectivity index is 1.98. The van der Waals surface area contributed by atoms with Crippen molar-refractivity contribution in [3.05, 3.63) is 35.7 Å². The van der Waals surface area contributed by atoms with Crippen molar-refractivity contribution < 1.29 is 4.52 Å². The lowest BCUT2D eigenvalue weighted by molar-refractivity contribution is 0.371. The number of nitrogens with one attached hydrogen (secondary N) is 1. The fourth-order valence-electron chi connectivity index (χ4n) is 2.07. The maximum Gasteiger partial charge on any atom is 0.226 e. The van der Waals surface area contributed by atoms with Crippen molar-refractivity contribution in [1.82, 2.24) is 20.0 Å². The summed E-state index contributed by atoms with van der Waals surface area (Å²) in [7, 11) is 0. The number of rotatable bonds is 7. The molecule has 1 N–H and O–H groups in total. The van der Waals surface area contributed by atoms with Gasteiger partial charge in [-0.25, -0.2) is 0 Å². The molecule has 1 atom stereocenters. The summed E-state index contributed by atoms with van der Waals surface area (Å²) in [6.07, 6.45) is 6.05. The van der Waals surface area contributed by atoms with E-state index in [2.05, 4.69) is 59.3 Å². The molecule has 2 aromatic heterocycles. The van der Waals surface area contributed by atoms with E-state index in [0.717, 1.165) is 31.1 Å². The number of aromatic nitrogens is 3. The second-order valence-electron chi connectivity index (χ2n) is 4.75. The Morgan fingerprint density at radius 2 is 2.26 bits per heavy atom. The van der Waals surface area contributed by atoms with Gasteiger partial charge >= 0.3 is 0 Å². The number of nitrogens with zero attached hydrogens (tertiary/aromatic N) is 3. The van der Waals surface area contributed by atoms with E-state index >= 15 is 0 Å². The zero-order valence-corrected chi connectivity index (χ0v) is 11.9. The molecular formula is C14H22N4O. The number of hydrogen-bond acceptors (Lipinski definition) is 4. The number of aryl methyl sites for hydroxylation is 1. The Kier molecular flexibility index (Phi) is 4.74. The van der Waals surface area contributed by atoms with Crippen LogP contribution >= 0.6 is 0 Å². The van der Waals surface area contributed by atoms with Gasteiger partial charge in [-0.2, -0.15) is 4.98 Å². The van der Waals surface area contributed by atoms with Crippen molar-refractivity contribution in [2.45, 2.75) is 46.2 Å². The monoisotopic (exact) mass is 262 g/mol. The van der Waals surface area contributed by atoms with Crippen LogP contribution in [0.15, 0.2) is 23.0 Å². The summed E-state index contributed by atoms with van der Waals surface area (Å²) in [5.74, 6) is 1.47. The van der Waals surface area contributed by atoms with Crippen LogP contribution in [0.3, 0.4) is 0 Å². The van der Waals surface area contributed by atoms with Gasteiger partial charge < -0.3 is 14.4 Å². The van der Waals surface area contributed by atoms with Crippen LogP contribution in [0.4, 0.5) is 0 Å². The van der Waals surface area contributed by atoms with Gasteiger partial charge in [0.1, 0.15) is 0 Å². The van der Waals surface area contributed by atoms with E-state index in [-0.39, 0.29) is 0 Å². The molecule has 0 spiro atoms. The van der Waals surface area contributed by atoms with E-state index in [4.69, 9.17) is 4.52 Å². The Bertz CT molecular complexity index is 503. The molecule has 5 nitrogen and oxygen atoms in total. The SMILES string of the molecule is CCCc1nc(Cn2ccc(C(C)NCC)c2)no1. The molecule has 0 aliphatic carbocycles. The Morgan fingerprint density at radius 1 is 1.42 bits per heavy atom. The van der Waals surface area contributed by atoms with Crippen molar-refractivity contribution in [3.8, 4) is 0 Å². The summed E-state index contributed by atoms with van der Waals surface area (Å²) in [5.41, 5.74) is 1.28. The van der Waals surface area contributed by atoms with Gasteiger partial charge in [0, 0.05) is 24.9 Å². The fraction of sp³-hybridized carbons (Fsp3) is 0.571. The van der Waals surface area contributed by atoms with Crippen LogP contribution in [-0.4, -0.2) is 21.3 Å². The van der Waals surface area contributed by atoms with Crippen LogP contribution in [0, 0.1) is 0 Å². The first kappa shape index (κ1) is 13.8. The zero-order valence-electron chi connectivity index (χ0n) is 11.9. The highest BCUT2D eigenvalue weighted by molar-refractivity contribution is 5.15. The molecule has 0 bridgehead atoms. The molecule has 1 unspecified atom stereocenters. The van der Waals surface area contributed by atoms with Gasteiger partial charge in [0.2, 0.25) is 5.89 Å². The van der Waals surface area contributed by atoms with Gasteiger partial charge in [-0.15, -0.1) is 0 Å². The highest BCUT2D eigenvalue weighted by atomic mass is 16.5. The predicted octanol–water partition coefficient (Wildman–Crippen LogP) is 2.54. The molecule has 19 heavy (non-hydrogen) atoms. The zero-order chi connectivity index (χ0) is 13.7. The van der Waals surface area contributed by atoms with Crippen LogP contribution in [0.1, 0.15) is 50.5 Å². The lowest BCUT2D eigenvalue weighted by Crippen LogP contribution is -2.17. The minimum Gasteiger partial charge on any atom is -0.346 e. The fourth-order valence-corrected chi connectivity index (χ4v) is 2.07. The smallest absolute Gasteiger partial charge is 0.226 e. The average molecular weight is 262 g/mol. The summed E-state index contributed by atoms with van der Waals surface area (Å²) >= 11 is 0. The third kappa shape index (κ3) is 3.67. The predicted molar refractivity (Wildman–Crippen MR) is 73.9 cm³/mol. The Hall–Kier alpha value is -1.62. The quantitative estimate of drug-likeness (QED) is 0.833. The molecular weight excluding hydrogens is 240 g/mol. The minimum absolute atomic E-state index is 0.368. The third-order valence-corrected chi connectivity index (χ3v) is 3.08. The van der Waals surface area contributed by atoms with E-state index in [0.29, 0.717) is 12.6 Å². The normalized spacial score (nSPS) is 12.8. The second-order valence-corrected chi connectivity index (χ2v) is 4.75. The second kappa shape index (κ2) is 6.52. The molecule has 0 radical (unpaired) electrons. The average Bonchev–Trinajstić information content (AvgIpc) is 3.00. The first-order valence-corrected chi connectivity index (χ1v) is 6.93. The first-order valence-electron chi connectivity index (χ1n) is 6.93. The van der Waals surface area contributed by atoms with Gasteiger partial charge in [0.05, 0.1) is 6.54 Å². The molecule has 0 aliphatic rings. The lowest BCUT2D eigenvalue weighted by Gasteiger charge is -2.09. The van der Waals surface area contributed by atoms with Crippen LogP contribution in [0.2, 0.25) is 0 Å². The molecule has 0 fully saturated rings. The summed E-state index contributed by atoms with van der Waals surface area (Å²) in [4.78, 5) is 4.37. The maximum absolute atomic E-state index is 5.18.